The maximum atomic E-state index is 10.9. The number of hydrogen-bond acceptors (Lipinski definition) is 3. The molecule has 0 aromatic heterocycles. The van der Waals surface area contributed by atoms with Crippen molar-refractivity contribution in [3.63, 3.8) is 0 Å². The molecule has 1 fully saturated rings. The molecule has 0 bridgehead atoms. The van der Waals surface area contributed by atoms with E-state index in [2.05, 4.69) is 0 Å². The van der Waals surface area contributed by atoms with Crippen molar-refractivity contribution >= 4 is 17.7 Å². The van der Waals surface area contributed by atoms with Crippen LogP contribution < -0.4 is 0 Å². The lowest BCUT2D eigenvalue weighted by Crippen LogP contribution is -2.49. The van der Waals surface area contributed by atoms with Crippen molar-refractivity contribution in [3.8, 4) is 0 Å². The van der Waals surface area contributed by atoms with Gasteiger partial charge in [0.2, 0.25) is 5.91 Å². The Morgan fingerprint density at radius 1 is 1.82 bits per heavy atom. The van der Waals surface area contributed by atoms with Crippen LogP contribution in [-0.2, 0) is 9.53 Å². The lowest BCUT2D eigenvalue weighted by Gasteiger charge is -2.40. The monoisotopic (exact) mass is 171 g/mol. The molecule has 2 rings (SSSR count). The number of carbonyl (C=O) groups excluding carboxylic acids is 1. The summed E-state index contributed by atoms with van der Waals surface area (Å²) in [5.41, 5.74) is 0. The number of amides is 1. The standard InChI is InChI=1S/C7H9NO2S/c1-10-5-3-8-6(9)2-7(8)11-4-5/h3,7H,2,4H2,1H3/t7-/m0/s1. The summed E-state index contributed by atoms with van der Waals surface area (Å²) in [6, 6.07) is 0. The van der Waals surface area contributed by atoms with Crippen molar-refractivity contribution in [2.75, 3.05) is 12.9 Å². The summed E-state index contributed by atoms with van der Waals surface area (Å²) in [7, 11) is 1.64. The van der Waals surface area contributed by atoms with Gasteiger partial charge >= 0.3 is 0 Å². The summed E-state index contributed by atoms with van der Waals surface area (Å²) >= 11 is 1.76. The van der Waals surface area contributed by atoms with Crippen LogP contribution in [0.1, 0.15) is 6.42 Å². The summed E-state index contributed by atoms with van der Waals surface area (Å²) in [5, 5.41) is 0.390. The van der Waals surface area contributed by atoms with E-state index in [1.165, 1.54) is 0 Å². The van der Waals surface area contributed by atoms with Crippen molar-refractivity contribution in [2.24, 2.45) is 0 Å². The number of fused-ring (bicyclic) bond motifs is 1. The minimum absolute atomic E-state index is 0.205. The molecule has 0 radical (unpaired) electrons. The van der Waals surface area contributed by atoms with Gasteiger partial charge in [0.25, 0.3) is 0 Å². The second kappa shape index (κ2) is 2.44. The Morgan fingerprint density at radius 3 is 3.27 bits per heavy atom. The van der Waals surface area contributed by atoms with Gasteiger partial charge in [0.1, 0.15) is 5.76 Å². The first-order chi connectivity index (χ1) is 5.31. The number of thioether (sulfide) groups is 1. The van der Waals surface area contributed by atoms with E-state index >= 15 is 0 Å². The van der Waals surface area contributed by atoms with Crippen LogP contribution in [0.4, 0.5) is 0 Å². The first-order valence-electron chi connectivity index (χ1n) is 3.48. The van der Waals surface area contributed by atoms with Crippen LogP contribution in [0, 0.1) is 0 Å². The second-order valence-corrected chi connectivity index (χ2v) is 3.74. The molecule has 0 spiro atoms. The first-order valence-corrected chi connectivity index (χ1v) is 4.53. The van der Waals surface area contributed by atoms with Crippen molar-refractivity contribution in [2.45, 2.75) is 11.8 Å². The van der Waals surface area contributed by atoms with Crippen molar-refractivity contribution in [3.05, 3.63) is 12.0 Å². The number of hydrogen-bond donors (Lipinski definition) is 0. The van der Waals surface area contributed by atoms with Gasteiger partial charge in [-0.3, -0.25) is 4.79 Å². The van der Waals surface area contributed by atoms with Crippen molar-refractivity contribution in [1.29, 1.82) is 0 Å². The summed E-state index contributed by atoms with van der Waals surface area (Å²) in [5.74, 6) is 1.99. The van der Waals surface area contributed by atoms with Gasteiger partial charge in [-0.2, -0.15) is 0 Å². The topological polar surface area (TPSA) is 29.5 Å². The molecular weight excluding hydrogens is 162 g/mol. The molecule has 3 nitrogen and oxygen atoms in total. The number of nitrogens with zero attached hydrogens (tertiary/aromatic N) is 1. The fourth-order valence-corrected chi connectivity index (χ4v) is 2.33. The van der Waals surface area contributed by atoms with Gasteiger partial charge < -0.3 is 9.64 Å². The smallest absolute Gasteiger partial charge is 0.230 e. The third-order valence-corrected chi connectivity index (χ3v) is 3.14. The molecule has 1 amide bonds. The van der Waals surface area contributed by atoms with Crippen LogP contribution in [0.15, 0.2) is 12.0 Å². The highest BCUT2D eigenvalue weighted by Gasteiger charge is 2.38. The quantitative estimate of drug-likeness (QED) is 0.546. The van der Waals surface area contributed by atoms with Gasteiger partial charge in [-0.25, -0.2) is 0 Å². The van der Waals surface area contributed by atoms with E-state index in [1.54, 1.807) is 23.8 Å². The highest BCUT2D eigenvalue weighted by Crippen LogP contribution is 2.35. The Kier molecular flexibility index (Phi) is 1.56. The Bertz CT molecular complexity index is 226. The Labute approximate surface area is 69.4 Å². The summed E-state index contributed by atoms with van der Waals surface area (Å²) < 4.78 is 5.04. The molecule has 1 saturated heterocycles. The van der Waals surface area contributed by atoms with E-state index in [0.717, 1.165) is 11.5 Å². The fourth-order valence-electron chi connectivity index (χ4n) is 1.18. The van der Waals surface area contributed by atoms with Crippen LogP contribution in [0.5, 0.6) is 0 Å². The summed E-state index contributed by atoms with van der Waals surface area (Å²) in [6.45, 7) is 0. The van der Waals surface area contributed by atoms with Crippen LogP contribution in [0.25, 0.3) is 0 Å². The van der Waals surface area contributed by atoms with Gasteiger partial charge in [0, 0.05) is 6.20 Å². The average Bonchev–Trinajstić information content (AvgIpc) is 2.03. The number of rotatable bonds is 1. The molecule has 0 unspecified atom stereocenters. The highest BCUT2D eigenvalue weighted by molar-refractivity contribution is 8.00. The molecule has 0 aromatic rings. The summed E-state index contributed by atoms with van der Waals surface area (Å²) in [6.07, 6.45) is 2.51. The lowest BCUT2D eigenvalue weighted by molar-refractivity contribution is -0.137. The van der Waals surface area contributed by atoms with Crippen LogP contribution in [-0.4, -0.2) is 29.0 Å². The third kappa shape index (κ3) is 1.01. The molecule has 11 heavy (non-hydrogen) atoms. The minimum Gasteiger partial charge on any atom is -0.499 e. The van der Waals surface area contributed by atoms with Gasteiger partial charge in [-0.05, 0) is 0 Å². The second-order valence-electron chi connectivity index (χ2n) is 2.57. The van der Waals surface area contributed by atoms with E-state index < -0.39 is 0 Å². The molecule has 0 N–H and O–H groups in total. The molecular formula is C7H9NO2S. The zero-order valence-electron chi connectivity index (χ0n) is 6.24. The van der Waals surface area contributed by atoms with Gasteiger partial charge in [-0.1, -0.05) is 0 Å². The number of β-lactam (4-membered cyclic amide) rings is 1. The molecule has 2 heterocycles. The van der Waals surface area contributed by atoms with Gasteiger partial charge in [0.15, 0.2) is 0 Å². The number of methoxy groups -OCH3 is 1. The zero-order valence-corrected chi connectivity index (χ0v) is 7.06. The van der Waals surface area contributed by atoms with Crippen LogP contribution in [0.2, 0.25) is 0 Å². The molecule has 0 aliphatic carbocycles. The lowest BCUT2D eigenvalue weighted by atomic mass is 10.2. The van der Waals surface area contributed by atoms with Crippen molar-refractivity contribution < 1.29 is 9.53 Å². The molecule has 1 atom stereocenters. The third-order valence-electron chi connectivity index (χ3n) is 1.91. The Morgan fingerprint density at radius 2 is 2.64 bits per heavy atom. The minimum atomic E-state index is 0.205. The maximum Gasteiger partial charge on any atom is 0.230 e. The fraction of sp³-hybridized carbons (Fsp3) is 0.571. The normalized spacial score (nSPS) is 28.8. The van der Waals surface area contributed by atoms with Crippen LogP contribution >= 0.6 is 11.8 Å². The molecule has 0 aromatic carbocycles. The zero-order chi connectivity index (χ0) is 7.84. The summed E-state index contributed by atoms with van der Waals surface area (Å²) in [4.78, 5) is 12.7. The molecule has 2 aliphatic rings. The van der Waals surface area contributed by atoms with E-state index in [4.69, 9.17) is 4.74 Å². The Hall–Kier alpha value is -0.640. The Balaban J connectivity index is 2.13. The maximum absolute atomic E-state index is 10.9. The van der Waals surface area contributed by atoms with E-state index in [9.17, 15) is 4.79 Å². The van der Waals surface area contributed by atoms with Gasteiger partial charge in [0.05, 0.1) is 24.7 Å². The van der Waals surface area contributed by atoms with Crippen molar-refractivity contribution in [1.82, 2.24) is 4.90 Å². The SMILES string of the molecule is COC1=CN2C(=O)C[C@@H]2SC1. The molecule has 2 aliphatic heterocycles. The van der Waals surface area contributed by atoms with Crippen LogP contribution in [0.3, 0.4) is 0 Å². The van der Waals surface area contributed by atoms with Gasteiger partial charge in [-0.15, -0.1) is 11.8 Å². The first kappa shape index (κ1) is 7.03. The van der Waals surface area contributed by atoms with E-state index in [1.807, 2.05) is 6.20 Å². The number of carbonyl (C=O) groups is 1. The molecule has 60 valence electrons. The predicted molar refractivity (Wildman–Crippen MR) is 42.8 cm³/mol. The largest absolute Gasteiger partial charge is 0.499 e. The highest BCUT2D eigenvalue weighted by atomic mass is 32.2. The van der Waals surface area contributed by atoms with E-state index in [0.29, 0.717) is 11.8 Å². The predicted octanol–water partition coefficient (Wildman–Crippen LogP) is 0.779. The average molecular weight is 171 g/mol. The molecule has 4 heteroatoms. The molecule has 0 saturated carbocycles. The van der Waals surface area contributed by atoms with E-state index in [-0.39, 0.29) is 5.91 Å². The number of ether oxygens (including phenoxy) is 1.